The molecule has 18 heavy (non-hydrogen) atoms. The van der Waals surface area contributed by atoms with E-state index in [9.17, 15) is 4.79 Å². The third kappa shape index (κ3) is 5.61. The van der Waals surface area contributed by atoms with Crippen molar-refractivity contribution >= 4 is 17.7 Å². The molecule has 1 fully saturated rings. The van der Waals surface area contributed by atoms with Crippen LogP contribution in [0.4, 0.5) is 0 Å². The van der Waals surface area contributed by atoms with Crippen LogP contribution in [-0.4, -0.2) is 30.0 Å². The normalized spacial score (nSPS) is 25.7. The van der Waals surface area contributed by atoms with Gasteiger partial charge in [-0.15, -0.1) is 0 Å². The Morgan fingerprint density at radius 1 is 1.39 bits per heavy atom. The second-order valence-electron chi connectivity index (χ2n) is 5.35. The Morgan fingerprint density at radius 3 is 2.61 bits per heavy atom. The molecule has 106 valence electrons. The molecular weight excluding hydrogens is 244 g/mol. The second kappa shape index (κ2) is 8.81. The monoisotopic (exact) mass is 272 g/mol. The molecule has 1 amide bonds. The molecule has 1 atom stereocenters. The summed E-state index contributed by atoms with van der Waals surface area (Å²) in [5.74, 6) is 3.43. The van der Waals surface area contributed by atoms with Crippen molar-refractivity contribution in [2.24, 2.45) is 17.6 Å². The molecule has 1 rings (SSSR count). The predicted molar refractivity (Wildman–Crippen MR) is 79.7 cm³/mol. The van der Waals surface area contributed by atoms with E-state index in [4.69, 9.17) is 5.73 Å². The van der Waals surface area contributed by atoms with Crippen LogP contribution in [0, 0.1) is 11.8 Å². The van der Waals surface area contributed by atoms with Gasteiger partial charge in [-0.25, -0.2) is 0 Å². The number of rotatable bonds is 7. The van der Waals surface area contributed by atoms with Crippen LogP contribution in [0.3, 0.4) is 0 Å². The SMILES string of the molecule is CCSCCC(C)NC(=O)C1CCC(CN)CC1. The van der Waals surface area contributed by atoms with Gasteiger partial charge in [-0.1, -0.05) is 6.92 Å². The standard InChI is InChI=1S/C14H28N2OS/c1-3-18-9-8-11(2)16-14(17)13-6-4-12(10-15)5-7-13/h11-13H,3-10,15H2,1-2H3,(H,16,17). The molecule has 3 N–H and O–H groups in total. The quantitative estimate of drug-likeness (QED) is 0.700. The zero-order valence-corrected chi connectivity index (χ0v) is 12.6. The number of amides is 1. The average molecular weight is 272 g/mol. The van der Waals surface area contributed by atoms with E-state index in [-0.39, 0.29) is 11.8 Å². The van der Waals surface area contributed by atoms with E-state index in [0.717, 1.165) is 50.2 Å². The van der Waals surface area contributed by atoms with Crippen LogP contribution in [0.15, 0.2) is 0 Å². The first-order valence-electron chi connectivity index (χ1n) is 7.25. The van der Waals surface area contributed by atoms with Crippen molar-refractivity contribution in [1.82, 2.24) is 5.32 Å². The van der Waals surface area contributed by atoms with Crippen molar-refractivity contribution in [3.05, 3.63) is 0 Å². The van der Waals surface area contributed by atoms with Crippen LogP contribution in [-0.2, 0) is 4.79 Å². The molecule has 1 saturated carbocycles. The average Bonchev–Trinajstić information content (AvgIpc) is 2.39. The summed E-state index contributed by atoms with van der Waals surface area (Å²) in [6.45, 7) is 5.06. The lowest BCUT2D eigenvalue weighted by Crippen LogP contribution is -2.39. The largest absolute Gasteiger partial charge is 0.353 e. The molecule has 0 radical (unpaired) electrons. The number of hydrogen-bond acceptors (Lipinski definition) is 3. The minimum absolute atomic E-state index is 0.231. The Labute approximate surface area is 116 Å². The number of thioether (sulfide) groups is 1. The van der Waals surface area contributed by atoms with Gasteiger partial charge in [0, 0.05) is 12.0 Å². The lowest BCUT2D eigenvalue weighted by molar-refractivity contribution is -0.126. The molecule has 0 aliphatic heterocycles. The highest BCUT2D eigenvalue weighted by Crippen LogP contribution is 2.28. The van der Waals surface area contributed by atoms with E-state index in [1.165, 1.54) is 0 Å². The molecule has 0 heterocycles. The third-order valence-electron chi connectivity index (χ3n) is 3.84. The number of nitrogens with two attached hydrogens (primary N) is 1. The van der Waals surface area contributed by atoms with Crippen LogP contribution >= 0.6 is 11.8 Å². The van der Waals surface area contributed by atoms with Gasteiger partial charge in [0.25, 0.3) is 0 Å². The van der Waals surface area contributed by atoms with E-state index >= 15 is 0 Å². The molecule has 4 heteroatoms. The van der Waals surface area contributed by atoms with Gasteiger partial charge in [0.2, 0.25) is 5.91 Å². The number of carbonyl (C=O) groups excluding carboxylic acids is 1. The highest BCUT2D eigenvalue weighted by atomic mass is 32.2. The van der Waals surface area contributed by atoms with Crippen LogP contribution in [0.2, 0.25) is 0 Å². The van der Waals surface area contributed by atoms with Gasteiger partial charge in [0.15, 0.2) is 0 Å². The van der Waals surface area contributed by atoms with Gasteiger partial charge < -0.3 is 11.1 Å². The summed E-state index contributed by atoms with van der Waals surface area (Å²) in [5.41, 5.74) is 5.67. The topological polar surface area (TPSA) is 55.1 Å². The van der Waals surface area contributed by atoms with Crippen molar-refractivity contribution < 1.29 is 4.79 Å². The lowest BCUT2D eigenvalue weighted by Gasteiger charge is -2.27. The Morgan fingerprint density at radius 2 is 2.06 bits per heavy atom. The summed E-state index contributed by atoms with van der Waals surface area (Å²) in [4.78, 5) is 12.1. The minimum atomic E-state index is 0.231. The summed E-state index contributed by atoms with van der Waals surface area (Å²) in [7, 11) is 0. The van der Waals surface area contributed by atoms with Gasteiger partial charge >= 0.3 is 0 Å². The predicted octanol–water partition coefficient (Wildman–Crippen LogP) is 2.40. The van der Waals surface area contributed by atoms with E-state index in [2.05, 4.69) is 19.2 Å². The molecule has 1 unspecified atom stereocenters. The fraction of sp³-hybridized carbons (Fsp3) is 0.929. The first-order chi connectivity index (χ1) is 8.67. The zero-order chi connectivity index (χ0) is 13.4. The van der Waals surface area contributed by atoms with E-state index < -0.39 is 0 Å². The van der Waals surface area contributed by atoms with Gasteiger partial charge in [-0.2, -0.15) is 11.8 Å². The third-order valence-corrected chi connectivity index (χ3v) is 4.77. The first kappa shape index (κ1) is 15.8. The maximum Gasteiger partial charge on any atom is 0.223 e. The lowest BCUT2D eigenvalue weighted by atomic mass is 9.81. The smallest absolute Gasteiger partial charge is 0.223 e. The van der Waals surface area contributed by atoms with Gasteiger partial charge in [0.05, 0.1) is 0 Å². The maximum atomic E-state index is 12.1. The second-order valence-corrected chi connectivity index (χ2v) is 6.74. The summed E-state index contributed by atoms with van der Waals surface area (Å²) >= 11 is 1.94. The first-order valence-corrected chi connectivity index (χ1v) is 8.41. The Bertz CT molecular complexity index is 240. The van der Waals surface area contributed by atoms with E-state index in [1.807, 2.05) is 11.8 Å². The highest BCUT2D eigenvalue weighted by Gasteiger charge is 2.26. The number of carbonyl (C=O) groups is 1. The summed E-state index contributed by atoms with van der Waals surface area (Å²) < 4.78 is 0. The van der Waals surface area contributed by atoms with Crippen LogP contribution < -0.4 is 11.1 Å². The molecule has 0 bridgehead atoms. The van der Waals surface area contributed by atoms with Gasteiger partial charge in [-0.05, 0) is 63.0 Å². The van der Waals surface area contributed by atoms with Crippen LogP contribution in [0.1, 0.15) is 46.0 Å². The van der Waals surface area contributed by atoms with Crippen LogP contribution in [0.25, 0.3) is 0 Å². The fourth-order valence-corrected chi connectivity index (χ4v) is 3.31. The van der Waals surface area contributed by atoms with Crippen molar-refractivity contribution in [1.29, 1.82) is 0 Å². The van der Waals surface area contributed by atoms with Crippen molar-refractivity contribution in [3.63, 3.8) is 0 Å². The van der Waals surface area contributed by atoms with Crippen molar-refractivity contribution in [3.8, 4) is 0 Å². The molecule has 0 spiro atoms. The molecular formula is C14H28N2OS. The van der Waals surface area contributed by atoms with Crippen molar-refractivity contribution in [2.45, 2.75) is 52.0 Å². The minimum Gasteiger partial charge on any atom is -0.353 e. The number of nitrogens with one attached hydrogen (secondary N) is 1. The van der Waals surface area contributed by atoms with Crippen molar-refractivity contribution in [2.75, 3.05) is 18.1 Å². The highest BCUT2D eigenvalue weighted by molar-refractivity contribution is 7.99. The van der Waals surface area contributed by atoms with Gasteiger partial charge in [0.1, 0.15) is 0 Å². The molecule has 1 aliphatic rings. The Balaban J connectivity index is 2.20. The van der Waals surface area contributed by atoms with E-state index in [0.29, 0.717) is 12.0 Å². The fourth-order valence-electron chi connectivity index (χ4n) is 2.50. The molecule has 3 nitrogen and oxygen atoms in total. The van der Waals surface area contributed by atoms with E-state index in [1.54, 1.807) is 0 Å². The molecule has 0 aromatic rings. The summed E-state index contributed by atoms with van der Waals surface area (Å²) in [6, 6.07) is 0.309. The summed E-state index contributed by atoms with van der Waals surface area (Å²) in [5, 5.41) is 3.16. The molecule has 0 saturated heterocycles. The Hall–Kier alpha value is -0.220. The maximum absolute atomic E-state index is 12.1. The number of hydrogen-bond donors (Lipinski definition) is 2. The zero-order valence-electron chi connectivity index (χ0n) is 11.8. The van der Waals surface area contributed by atoms with Crippen LogP contribution in [0.5, 0.6) is 0 Å². The summed E-state index contributed by atoms with van der Waals surface area (Å²) in [6.07, 6.45) is 5.35. The molecule has 1 aliphatic carbocycles. The molecule has 0 aromatic carbocycles. The van der Waals surface area contributed by atoms with Gasteiger partial charge in [-0.3, -0.25) is 4.79 Å². The molecule has 0 aromatic heterocycles. The Kier molecular flexibility index (Phi) is 7.75.